The van der Waals surface area contributed by atoms with Crippen molar-refractivity contribution >= 4 is 37.5 Å². The maximum atomic E-state index is 12.2. The van der Waals surface area contributed by atoms with E-state index in [0.29, 0.717) is 10.2 Å². The summed E-state index contributed by atoms with van der Waals surface area (Å²) in [4.78, 5) is 12.0. The number of nitrogen functional groups attached to an aromatic ring is 1. The van der Waals surface area contributed by atoms with E-state index in [-0.39, 0.29) is 10.8 Å². The number of carbonyl (C=O) groups is 1. The Morgan fingerprint density at radius 1 is 1.33 bits per heavy atom. The Hall–Kier alpha value is -1.12. The Kier molecular flexibility index (Phi) is 5.40. The number of hydrogen-bond donors (Lipinski definition) is 3. The minimum absolute atomic E-state index is 0.0407. The maximum Gasteiger partial charge on any atom is 0.241 e. The second-order valence-corrected chi connectivity index (χ2v) is 8.33. The Morgan fingerprint density at radius 3 is 2.38 bits per heavy atom. The van der Waals surface area contributed by atoms with Crippen molar-refractivity contribution in [1.29, 1.82) is 0 Å². The zero-order chi connectivity index (χ0) is 16.4. The van der Waals surface area contributed by atoms with Gasteiger partial charge in [0.05, 0.1) is 10.9 Å². The van der Waals surface area contributed by atoms with Crippen LogP contribution in [0.15, 0.2) is 27.6 Å². The van der Waals surface area contributed by atoms with Crippen LogP contribution in [0.3, 0.4) is 0 Å². The van der Waals surface area contributed by atoms with Crippen LogP contribution < -0.4 is 15.8 Å². The highest BCUT2D eigenvalue weighted by Gasteiger charge is 2.24. The van der Waals surface area contributed by atoms with Gasteiger partial charge in [0.15, 0.2) is 0 Å². The number of nitrogens with one attached hydrogen (secondary N) is 2. The molecular weight excluding hydrogens is 358 g/mol. The Bertz CT molecular complexity index is 639. The quantitative estimate of drug-likeness (QED) is 0.693. The van der Waals surface area contributed by atoms with Crippen molar-refractivity contribution in [2.24, 2.45) is 0 Å². The van der Waals surface area contributed by atoms with Crippen molar-refractivity contribution in [2.75, 3.05) is 5.73 Å². The summed E-state index contributed by atoms with van der Waals surface area (Å²) in [6.45, 7) is 6.96. The van der Waals surface area contributed by atoms with Crippen molar-refractivity contribution in [3.63, 3.8) is 0 Å². The van der Waals surface area contributed by atoms with Crippen molar-refractivity contribution in [3.05, 3.63) is 22.7 Å². The highest BCUT2D eigenvalue weighted by molar-refractivity contribution is 9.10. The highest BCUT2D eigenvalue weighted by atomic mass is 79.9. The lowest BCUT2D eigenvalue weighted by Gasteiger charge is -2.23. The summed E-state index contributed by atoms with van der Waals surface area (Å²) in [7, 11) is -3.80. The van der Waals surface area contributed by atoms with Gasteiger partial charge in [-0.1, -0.05) is 0 Å². The van der Waals surface area contributed by atoms with Crippen LogP contribution in [0, 0.1) is 0 Å². The topological polar surface area (TPSA) is 101 Å². The Balaban J connectivity index is 2.89. The lowest BCUT2D eigenvalue weighted by Crippen LogP contribution is -2.50. The molecule has 8 heteroatoms. The second kappa shape index (κ2) is 6.33. The van der Waals surface area contributed by atoms with E-state index in [4.69, 9.17) is 5.73 Å². The van der Waals surface area contributed by atoms with E-state index in [9.17, 15) is 13.2 Å². The number of benzene rings is 1. The van der Waals surface area contributed by atoms with E-state index >= 15 is 0 Å². The average Bonchev–Trinajstić information content (AvgIpc) is 2.29. The molecule has 1 aromatic rings. The molecule has 1 aromatic carbocycles. The van der Waals surface area contributed by atoms with Crippen molar-refractivity contribution in [1.82, 2.24) is 10.0 Å². The lowest BCUT2D eigenvalue weighted by molar-refractivity contribution is -0.123. The van der Waals surface area contributed by atoms with E-state index in [1.54, 1.807) is 0 Å². The first-order chi connectivity index (χ1) is 9.42. The first kappa shape index (κ1) is 17.9. The number of halogens is 1. The van der Waals surface area contributed by atoms with Crippen LogP contribution in [0.2, 0.25) is 0 Å². The van der Waals surface area contributed by atoms with E-state index in [1.165, 1.54) is 25.1 Å². The number of nitrogens with two attached hydrogens (primary N) is 1. The SMILES string of the molecule is CC(NS(=O)(=O)c1ccc(N)c(Br)c1)C(=O)NC(C)(C)C. The third-order valence-electron chi connectivity index (χ3n) is 2.51. The van der Waals surface area contributed by atoms with Crippen LogP contribution in [-0.2, 0) is 14.8 Å². The van der Waals surface area contributed by atoms with Crippen molar-refractivity contribution in [2.45, 2.75) is 44.2 Å². The molecule has 4 N–H and O–H groups in total. The molecule has 0 aliphatic carbocycles. The molecule has 118 valence electrons. The van der Waals surface area contributed by atoms with Gasteiger partial charge >= 0.3 is 0 Å². The van der Waals surface area contributed by atoms with Gasteiger partial charge in [-0.25, -0.2) is 8.42 Å². The van der Waals surface area contributed by atoms with Crippen LogP contribution in [0.25, 0.3) is 0 Å². The van der Waals surface area contributed by atoms with Gasteiger partial charge in [0.2, 0.25) is 15.9 Å². The summed E-state index contributed by atoms with van der Waals surface area (Å²) in [6, 6.07) is 3.38. The fourth-order valence-corrected chi connectivity index (χ4v) is 3.27. The van der Waals surface area contributed by atoms with Gasteiger partial charge in [-0.3, -0.25) is 4.79 Å². The molecule has 0 aromatic heterocycles. The molecule has 0 bridgehead atoms. The number of rotatable bonds is 4. The van der Waals surface area contributed by atoms with Crippen LogP contribution in [-0.4, -0.2) is 25.9 Å². The van der Waals surface area contributed by atoms with E-state index in [0.717, 1.165) is 0 Å². The summed E-state index contributed by atoms with van der Waals surface area (Å²) in [5, 5.41) is 2.72. The van der Waals surface area contributed by atoms with Crippen molar-refractivity contribution < 1.29 is 13.2 Å². The fourth-order valence-electron chi connectivity index (χ4n) is 1.51. The van der Waals surface area contributed by atoms with Crippen LogP contribution in [0.5, 0.6) is 0 Å². The van der Waals surface area contributed by atoms with E-state index in [1.807, 2.05) is 20.8 Å². The van der Waals surface area contributed by atoms with Crippen LogP contribution in [0.1, 0.15) is 27.7 Å². The minimum Gasteiger partial charge on any atom is -0.398 e. The molecule has 1 atom stereocenters. The molecule has 21 heavy (non-hydrogen) atoms. The molecule has 0 saturated carbocycles. The average molecular weight is 378 g/mol. The van der Waals surface area contributed by atoms with Gasteiger partial charge in [-0.15, -0.1) is 0 Å². The predicted molar refractivity (Wildman–Crippen MR) is 86.2 cm³/mol. The Morgan fingerprint density at radius 2 is 1.90 bits per heavy atom. The predicted octanol–water partition coefficient (Wildman–Crippen LogP) is 1.61. The molecule has 0 aliphatic heterocycles. The van der Waals surface area contributed by atoms with Gasteiger partial charge < -0.3 is 11.1 Å². The first-order valence-electron chi connectivity index (χ1n) is 6.32. The summed E-state index contributed by atoms with van der Waals surface area (Å²) >= 11 is 3.18. The molecule has 6 nitrogen and oxygen atoms in total. The summed E-state index contributed by atoms with van der Waals surface area (Å²) in [6.07, 6.45) is 0. The van der Waals surface area contributed by atoms with Gasteiger partial charge in [-0.05, 0) is 61.8 Å². The van der Waals surface area contributed by atoms with Gasteiger partial charge in [0, 0.05) is 15.7 Å². The molecule has 0 aliphatic rings. The molecule has 1 unspecified atom stereocenters. The monoisotopic (exact) mass is 377 g/mol. The summed E-state index contributed by atoms with van der Waals surface area (Å²) < 4.78 is 27.3. The van der Waals surface area contributed by atoms with E-state index < -0.39 is 21.6 Å². The molecule has 1 rings (SSSR count). The third kappa shape index (κ3) is 5.29. The molecule has 0 saturated heterocycles. The standard InChI is InChI=1S/C13H20BrN3O3S/c1-8(12(18)16-13(2,3)4)17-21(19,20)9-5-6-11(15)10(14)7-9/h5-8,17H,15H2,1-4H3,(H,16,18). The molecule has 1 amide bonds. The number of carbonyl (C=O) groups excluding carboxylic acids is 1. The van der Waals surface area contributed by atoms with Crippen LogP contribution in [0.4, 0.5) is 5.69 Å². The summed E-state index contributed by atoms with van der Waals surface area (Å²) in [5.74, 6) is -0.388. The van der Waals surface area contributed by atoms with E-state index in [2.05, 4.69) is 26.0 Å². The third-order valence-corrected chi connectivity index (χ3v) is 4.73. The van der Waals surface area contributed by atoms with Gasteiger partial charge in [-0.2, -0.15) is 4.72 Å². The number of hydrogen-bond acceptors (Lipinski definition) is 4. The molecule has 0 heterocycles. The zero-order valence-corrected chi connectivity index (χ0v) is 14.8. The highest BCUT2D eigenvalue weighted by Crippen LogP contribution is 2.23. The molecule has 0 fully saturated rings. The van der Waals surface area contributed by atoms with Gasteiger partial charge in [0.1, 0.15) is 0 Å². The number of amides is 1. The Labute approximate surface area is 133 Å². The summed E-state index contributed by atoms with van der Waals surface area (Å²) in [5.41, 5.74) is 5.63. The minimum atomic E-state index is -3.80. The number of anilines is 1. The van der Waals surface area contributed by atoms with Crippen LogP contribution >= 0.6 is 15.9 Å². The zero-order valence-electron chi connectivity index (χ0n) is 12.4. The smallest absolute Gasteiger partial charge is 0.241 e. The lowest BCUT2D eigenvalue weighted by atomic mass is 10.1. The molecule has 0 radical (unpaired) electrons. The number of sulfonamides is 1. The molecule has 0 spiro atoms. The first-order valence-corrected chi connectivity index (χ1v) is 8.59. The second-order valence-electron chi connectivity index (χ2n) is 5.77. The largest absolute Gasteiger partial charge is 0.398 e. The maximum absolute atomic E-state index is 12.2. The normalized spacial score (nSPS) is 13.8. The fraction of sp³-hybridized carbons (Fsp3) is 0.462. The van der Waals surface area contributed by atoms with Crippen molar-refractivity contribution in [3.8, 4) is 0 Å². The molecular formula is C13H20BrN3O3S. The van der Waals surface area contributed by atoms with Gasteiger partial charge in [0.25, 0.3) is 0 Å².